The fourth-order valence-corrected chi connectivity index (χ4v) is 1.95. The van der Waals surface area contributed by atoms with E-state index >= 15 is 0 Å². The van der Waals surface area contributed by atoms with Crippen LogP contribution in [-0.2, 0) is 9.59 Å². The van der Waals surface area contributed by atoms with Gasteiger partial charge in [0.2, 0.25) is 5.91 Å². The molecule has 0 fully saturated rings. The molecule has 92 valence electrons. The van der Waals surface area contributed by atoms with E-state index in [0.717, 1.165) is 0 Å². The number of nitrogens with zero attached hydrogens (tertiary/aromatic N) is 2. The average Bonchev–Trinajstić information content (AvgIpc) is 2.34. The van der Waals surface area contributed by atoms with Gasteiger partial charge in [-0.15, -0.1) is 0 Å². The number of nitriles is 1. The van der Waals surface area contributed by atoms with Crippen LogP contribution in [0, 0.1) is 11.3 Å². The van der Waals surface area contributed by atoms with E-state index in [-0.39, 0.29) is 12.3 Å². The van der Waals surface area contributed by atoms with Gasteiger partial charge >= 0.3 is 5.97 Å². The van der Waals surface area contributed by atoms with Gasteiger partial charge in [-0.1, -0.05) is 0 Å². The van der Waals surface area contributed by atoms with Gasteiger partial charge in [-0.25, -0.2) is 0 Å². The molecular weight excluding hydrogens is 234 g/mol. The first kappa shape index (κ1) is 11.9. The molecule has 1 aliphatic heterocycles. The Morgan fingerprint density at radius 1 is 1.61 bits per heavy atom. The minimum absolute atomic E-state index is 0.279. The van der Waals surface area contributed by atoms with Crippen LogP contribution in [0.25, 0.3) is 0 Å². The molecule has 0 aromatic heterocycles. The molecule has 0 radical (unpaired) electrons. The van der Waals surface area contributed by atoms with Crippen LogP contribution in [0.4, 0.5) is 11.4 Å². The Labute approximate surface area is 103 Å². The van der Waals surface area contributed by atoms with Crippen molar-refractivity contribution in [1.82, 2.24) is 0 Å². The van der Waals surface area contributed by atoms with Crippen molar-refractivity contribution in [2.45, 2.75) is 12.5 Å². The number of fused-ring (bicyclic) bond motifs is 1. The predicted molar refractivity (Wildman–Crippen MR) is 64.2 cm³/mol. The molecule has 0 saturated carbocycles. The molecule has 2 rings (SSSR count). The summed E-state index contributed by atoms with van der Waals surface area (Å²) >= 11 is 0. The number of aliphatic carboxylic acids is 1. The number of likely N-dealkylation sites (N-methyl/N-ethyl adjacent to an activating group) is 1. The molecule has 0 aliphatic carbocycles. The number of rotatable bonds is 2. The molecule has 18 heavy (non-hydrogen) atoms. The molecule has 2 N–H and O–H groups in total. The minimum Gasteiger partial charge on any atom is -0.481 e. The second-order valence-electron chi connectivity index (χ2n) is 4.06. The van der Waals surface area contributed by atoms with Gasteiger partial charge in [0.25, 0.3) is 0 Å². The van der Waals surface area contributed by atoms with Crippen LogP contribution in [0.2, 0.25) is 0 Å². The summed E-state index contributed by atoms with van der Waals surface area (Å²) in [6.07, 6.45) is -0.279. The van der Waals surface area contributed by atoms with Crippen molar-refractivity contribution in [3.05, 3.63) is 23.8 Å². The van der Waals surface area contributed by atoms with Crippen molar-refractivity contribution in [3.63, 3.8) is 0 Å². The fraction of sp³-hybridized carbons (Fsp3) is 0.250. The molecule has 6 heteroatoms. The van der Waals surface area contributed by atoms with E-state index in [1.165, 1.54) is 0 Å². The number of nitrogens with one attached hydrogen (secondary N) is 1. The van der Waals surface area contributed by atoms with Gasteiger partial charge in [0.15, 0.2) is 0 Å². The molecule has 0 spiro atoms. The molecule has 1 heterocycles. The second kappa shape index (κ2) is 4.37. The van der Waals surface area contributed by atoms with E-state index in [2.05, 4.69) is 5.32 Å². The van der Waals surface area contributed by atoms with Crippen LogP contribution in [0.15, 0.2) is 18.2 Å². The Hall–Kier alpha value is -2.55. The minimum atomic E-state index is -1.04. The van der Waals surface area contributed by atoms with Crippen LogP contribution >= 0.6 is 0 Å². The maximum atomic E-state index is 11.8. The zero-order chi connectivity index (χ0) is 13.3. The number of carboxylic acids is 1. The third-order valence-electron chi connectivity index (χ3n) is 2.90. The van der Waals surface area contributed by atoms with Crippen molar-refractivity contribution >= 4 is 23.3 Å². The standard InChI is InChI=1S/C12H11N3O3/c1-15-9-4-7(6-13)2-3-8(9)14-12(18)10(15)5-11(16)17/h2-4,10H,5H2,1H3,(H,14,18)(H,16,17). The molecule has 1 aromatic rings. The maximum absolute atomic E-state index is 11.8. The molecule has 1 unspecified atom stereocenters. The Morgan fingerprint density at radius 3 is 2.94 bits per heavy atom. The van der Waals surface area contributed by atoms with Gasteiger partial charge in [0.1, 0.15) is 6.04 Å². The lowest BCUT2D eigenvalue weighted by molar-refractivity contribution is -0.138. The number of hydrogen-bond acceptors (Lipinski definition) is 4. The highest BCUT2D eigenvalue weighted by Crippen LogP contribution is 2.32. The Morgan fingerprint density at radius 2 is 2.33 bits per heavy atom. The van der Waals surface area contributed by atoms with E-state index in [4.69, 9.17) is 10.4 Å². The van der Waals surface area contributed by atoms with Gasteiger partial charge in [0.05, 0.1) is 29.4 Å². The largest absolute Gasteiger partial charge is 0.481 e. The number of carbonyl (C=O) groups is 2. The molecule has 0 saturated heterocycles. The van der Waals surface area contributed by atoms with Crippen LogP contribution in [0.5, 0.6) is 0 Å². The van der Waals surface area contributed by atoms with Crippen molar-refractivity contribution in [3.8, 4) is 6.07 Å². The van der Waals surface area contributed by atoms with Gasteiger partial charge in [-0.2, -0.15) is 5.26 Å². The lowest BCUT2D eigenvalue weighted by Gasteiger charge is -2.34. The summed E-state index contributed by atoms with van der Waals surface area (Å²) in [6, 6.07) is 6.12. The lowest BCUT2D eigenvalue weighted by atomic mass is 10.0. The fourth-order valence-electron chi connectivity index (χ4n) is 1.95. The van der Waals surface area contributed by atoms with E-state index < -0.39 is 12.0 Å². The highest BCUT2D eigenvalue weighted by atomic mass is 16.4. The summed E-state index contributed by atoms with van der Waals surface area (Å²) in [5.41, 5.74) is 1.70. The Balaban J connectivity index is 2.41. The summed E-state index contributed by atoms with van der Waals surface area (Å²) in [6.45, 7) is 0. The molecular formula is C12H11N3O3. The first-order chi connectivity index (χ1) is 8.52. The number of hydrogen-bond donors (Lipinski definition) is 2. The first-order valence-corrected chi connectivity index (χ1v) is 5.32. The summed E-state index contributed by atoms with van der Waals surface area (Å²) in [5.74, 6) is -1.39. The van der Waals surface area contributed by atoms with Crippen molar-refractivity contribution in [2.75, 3.05) is 17.3 Å². The number of anilines is 2. The topological polar surface area (TPSA) is 93.4 Å². The monoisotopic (exact) mass is 245 g/mol. The van der Waals surface area contributed by atoms with Gasteiger partial charge in [-0.05, 0) is 18.2 Å². The number of carboxylic acid groups (broad SMARTS) is 1. The van der Waals surface area contributed by atoms with Gasteiger partial charge in [0, 0.05) is 7.05 Å². The van der Waals surface area contributed by atoms with Crippen LogP contribution < -0.4 is 10.2 Å². The van der Waals surface area contributed by atoms with E-state index in [1.54, 1.807) is 30.1 Å². The lowest BCUT2D eigenvalue weighted by Crippen LogP contribution is -2.47. The summed E-state index contributed by atoms with van der Waals surface area (Å²) in [5, 5.41) is 20.3. The Kier molecular flexibility index (Phi) is 2.90. The van der Waals surface area contributed by atoms with Crippen LogP contribution in [0.1, 0.15) is 12.0 Å². The predicted octanol–water partition coefficient (Wildman–Crippen LogP) is 0.790. The van der Waals surface area contributed by atoms with Gasteiger partial charge < -0.3 is 15.3 Å². The molecule has 1 atom stereocenters. The molecule has 0 bridgehead atoms. The van der Waals surface area contributed by atoms with Crippen LogP contribution in [-0.4, -0.2) is 30.1 Å². The average molecular weight is 245 g/mol. The van der Waals surface area contributed by atoms with E-state index in [9.17, 15) is 9.59 Å². The zero-order valence-corrected chi connectivity index (χ0v) is 9.67. The molecule has 1 amide bonds. The second-order valence-corrected chi connectivity index (χ2v) is 4.06. The van der Waals surface area contributed by atoms with E-state index in [1.807, 2.05) is 6.07 Å². The summed E-state index contributed by atoms with van der Waals surface area (Å²) < 4.78 is 0. The quantitative estimate of drug-likeness (QED) is 0.803. The summed E-state index contributed by atoms with van der Waals surface area (Å²) in [7, 11) is 1.65. The zero-order valence-electron chi connectivity index (χ0n) is 9.67. The van der Waals surface area contributed by atoms with Gasteiger partial charge in [-0.3, -0.25) is 9.59 Å². The summed E-state index contributed by atoms with van der Waals surface area (Å²) in [4.78, 5) is 24.1. The molecule has 1 aromatic carbocycles. The SMILES string of the molecule is CN1c2cc(C#N)ccc2NC(=O)C1CC(=O)O. The first-order valence-electron chi connectivity index (χ1n) is 5.32. The van der Waals surface area contributed by atoms with Crippen molar-refractivity contribution < 1.29 is 14.7 Å². The number of amides is 1. The Bertz CT molecular complexity index is 562. The normalized spacial score (nSPS) is 17.7. The van der Waals surface area contributed by atoms with Crippen LogP contribution in [0.3, 0.4) is 0 Å². The molecule has 6 nitrogen and oxygen atoms in total. The smallest absolute Gasteiger partial charge is 0.305 e. The third-order valence-corrected chi connectivity index (χ3v) is 2.90. The molecule has 1 aliphatic rings. The third kappa shape index (κ3) is 1.98. The van der Waals surface area contributed by atoms with E-state index in [0.29, 0.717) is 16.9 Å². The number of carbonyl (C=O) groups excluding carboxylic acids is 1. The maximum Gasteiger partial charge on any atom is 0.305 e. The number of benzene rings is 1. The van der Waals surface area contributed by atoms with Crippen molar-refractivity contribution in [1.29, 1.82) is 5.26 Å². The highest BCUT2D eigenvalue weighted by Gasteiger charge is 2.32. The van der Waals surface area contributed by atoms with Crippen molar-refractivity contribution in [2.24, 2.45) is 0 Å². The highest BCUT2D eigenvalue weighted by molar-refractivity contribution is 6.05.